The molecule has 82 valence electrons. The molecule has 0 aliphatic carbocycles. The predicted molar refractivity (Wildman–Crippen MR) is 67.1 cm³/mol. The zero-order valence-corrected chi connectivity index (χ0v) is 8.95. The molecule has 0 fully saturated rings. The molecule has 0 aliphatic heterocycles. The van der Waals surface area contributed by atoms with Gasteiger partial charge in [-0.05, 0) is 17.5 Å². The molecule has 0 unspecified atom stereocenters. The standard InChI is InChI=1S/C12H13N3O/c1-7(16)15-10-6-5-8-3-2-4-9(13)11(8)12(10)14/h2-6H,13-14H2,1H3,(H,15,16). The van der Waals surface area contributed by atoms with E-state index in [-0.39, 0.29) is 5.91 Å². The van der Waals surface area contributed by atoms with E-state index < -0.39 is 0 Å². The second kappa shape index (κ2) is 3.73. The van der Waals surface area contributed by atoms with Crippen molar-refractivity contribution in [2.24, 2.45) is 0 Å². The summed E-state index contributed by atoms with van der Waals surface area (Å²) >= 11 is 0. The first kappa shape index (κ1) is 10.3. The van der Waals surface area contributed by atoms with Crippen LogP contribution in [0.3, 0.4) is 0 Å². The van der Waals surface area contributed by atoms with Gasteiger partial charge in [-0.2, -0.15) is 0 Å². The second-order valence-electron chi connectivity index (χ2n) is 3.65. The van der Waals surface area contributed by atoms with Crippen LogP contribution in [0.25, 0.3) is 10.8 Å². The molecule has 4 heteroatoms. The first-order chi connectivity index (χ1) is 7.59. The number of anilines is 3. The largest absolute Gasteiger partial charge is 0.398 e. The van der Waals surface area contributed by atoms with Crippen LogP contribution in [-0.2, 0) is 4.79 Å². The first-order valence-electron chi connectivity index (χ1n) is 4.94. The minimum atomic E-state index is -0.152. The van der Waals surface area contributed by atoms with Crippen molar-refractivity contribution in [2.45, 2.75) is 6.92 Å². The van der Waals surface area contributed by atoms with Gasteiger partial charge in [0.2, 0.25) is 5.91 Å². The van der Waals surface area contributed by atoms with Crippen molar-refractivity contribution in [1.29, 1.82) is 0 Å². The number of nitrogens with one attached hydrogen (secondary N) is 1. The number of amides is 1. The van der Waals surface area contributed by atoms with E-state index in [0.29, 0.717) is 17.1 Å². The molecular formula is C12H13N3O. The fourth-order valence-electron chi connectivity index (χ4n) is 1.73. The van der Waals surface area contributed by atoms with Crippen molar-refractivity contribution in [1.82, 2.24) is 0 Å². The molecule has 0 spiro atoms. The third-order valence-electron chi connectivity index (χ3n) is 2.43. The Balaban J connectivity index is 2.68. The maximum absolute atomic E-state index is 11.0. The molecular weight excluding hydrogens is 202 g/mol. The molecule has 0 saturated carbocycles. The number of carbonyl (C=O) groups is 1. The highest BCUT2D eigenvalue weighted by molar-refractivity contribution is 6.08. The quantitative estimate of drug-likeness (QED) is 0.636. The summed E-state index contributed by atoms with van der Waals surface area (Å²) in [5.74, 6) is -0.152. The van der Waals surface area contributed by atoms with Crippen LogP contribution in [0.1, 0.15) is 6.92 Å². The maximum atomic E-state index is 11.0. The number of carbonyl (C=O) groups excluding carboxylic acids is 1. The van der Waals surface area contributed by atoms with E-state index >= 15 is 0 Å². The van der Waals surface area contributed by atoms with Gasteiger partial charge >= 0.3 is 0 Å². The Bertz CT molecular complexity index is 563. The Hall–Kier alpha value is -2.23. The normalized spacial score (nSPS) is 10.3. The van der Waals surface area contributed by atoms with E-state index in [2.05, 4.69) is 5.32 Å². The van der Waals surface area contributed by atoms with Crippen LogP contribution in [0.15, 0.2) is 30.3 Å². The number of nitrogens with two attached hydrogens (primary N) is 2. The molecule has 0 aliphatic rings. The summed E-state index contributed by atoms with van der Waals surface area (Å²) in [6.07, 6.45) is 0. The Morgan fingerprint density at radius 1 is 1.19 bits per heavy atom. The van der Waals surface area contributed by atoms with Crippen LogP contribution in [-0.4, -0.2) is 5.91 Å². The molecule has 1 amide bonds. The summed E-state index contributed by atoms with van der Waals surface area (Å²) in [6, 6.07) is 9.25. The van der Waals surface area contributed by atoms with Crippen molar-refractivity contribution in [3.8, 4) is 0 Å². The predicted octanol–water partition coefficient (Wildman–Crippen LogP) is 1.96. The smallest absolute Gasteiger partial charge is 0.221 e. The molecule has 5 N–H and O–H groups in total. The lowest BCUT2D eigenvalue weighted by atomic mass is 10.1. The maximum Gasteiger partial charge on any atom is 0.221 e. The van der Waals surface area contributed by atoms with E-state index in [1.54, 1.807) is 12.1 Å². The molecule has 4 nitrogen and oxygen atoms in total. The molecule has 16 heavy (non-hydrogen) atoms. The van der Waals surface area contributed by atoms with E-state index in [4.69, 9.17) is 11.5 Å². The van der Waals surface area contributed by atoms with Gasteiger partial charge in [-0.25, -0.2) is 0 Å². The molecule has 0 atom stereocenters. The SMILES string of the molecule is CC(=O)Nc1ccc2cccc(N)c2c1N. The lowest BCUT2D eigenvalue weighted by Crippen LogP contribution is -2.08. The topological polar surface area (TPSA) is 81.1 Å². The van der Waals surface area contributed by atoms with Crippen LogP contribution >= 0.6 is 0 Å². The Labute approximate surface area is 93.2 Å². The van der Waals surface area contributed by atoms with E-state index in [9.17, 15) is 4.79 Å². The summed E-state index contributed by atoms with van der Waals surface area (Å²) < 4.78 is 0. The van der Waals surface area contributed by atoms with Crippen molar-refractivity contribution in [3.05, 3.63) is 30.3 Å². The Morgan fingerprint density at radius 3 is 2.62 bits per heavy atom. The van der Waals surface area contributed by atoms with Crippen LogP contribution < -0.4 is 16.8 Å². The van der Waals surface area contributed by atoms with Gasteiger partial charge < -0.3 is 16.8 Å². The minimum absolute atomic E-state index is 0.152. The van der Waals surface area contributed by atoms with Crippen LogP contribution in [0.2, 0.25) is 0 Å². The van der Waals surface area contributed by atoms with Gasteiger partial charge in [-0.1, -0.05) is 18.2 Å². The zero-order chi connectivity index (χ0) is 11.7. The summed E-state index contributed by atoms with van der Waals surface area (Å²) in [4.78, 5) is 11.0. The van der Waals surface area contributed by atoms with Gasteiger partial charge in [0.25, 0.3) is 0 Å². The van der Waals surface area contributed by atoms with Crippen molar-refractivity contribution in [2.75, 3.05) is 16.8 Å². The lowest BCUT2D eigenvalue weighted by molar-refractivity contribution is -0.114. The van der Waals surface area contributed by atoms with Gasteiger partial charge in [-0.3, -0.25) is 4.79 Å². The molecule has 2 rings (SSSR count). The Kier molecular flexibility index (Phi) is 2.40. The summed E-state index contributed by atoms with van der Waals surface area (Å²) in [6.45, 7) is 1.44. The molecule has 0 bridgehead atoms. The number of hydrogen-bond donors (Lipinski definition) is 3. The minimum Gasteiger partial charge on any atom is -0.398 e. The number of fused-ring (bicyclic) bond motifs is 1. The number of rotatable bonds is 1. The van der Waals surface area contributed by atoms with Gasteiger partial charge in [-0.15, -0.1) is 0 Å². The van der Waals surface area contributed by atoms with Crippen LogP contribution in [0, 0.1) is 0 Å². The number of hydrogen-bond acceptors (Lipinski definition) is 3. The van der Waals surface area contributed by atoms with Gasteiger partial charge in [0.1, 0.15) is 0 Å². The molecule has 0 radical (unpaired) electrons. The van der Waals surface area contributed by atoms with E-state index in [1.165, 1.54) is 6.92 Å². The van der Waals surface area contributed by atoms with E-state index in [1.807, 2.05) is 18.2 Å². The van der Waals surface area contributed by atoms with Crippen molar-refractivity contribution >= 4 is 33.7 Å². The number of nitrogen functional groups attached to an aromatic ring is 2. The molecule has 2 aromatic carbocycles. The second-order valence-corrected chi connectivity index (χ2v) is 3.65. The highest BCUT2D eigenvalue weighted by Gasteiger charge is 2.07. The Morgan fingerprint density at radius 2 is 1.94 bits per heavy atom. The fourth-order valence-corrected chi connectivity index (χ4v) is 1.73. The highest BCUT2D eigenvalue weighted by Crippen LogP contribution is 2.32. The summed E-state index contributed by atoms with van der Waals surface area (Å²) in [5.41, 5.74) is 13.6. The average Bonchev–Trinajstić information content (AvgIpc) is 2.22. The van der Waals surface area contributed by atoms with Crippen molar-refractivity contribution in [3.63, 3.8) is 0 Å². The molecule has 0 aromatic heterocycles. The van der Waals surface area contributed by atoms with E-state index in [0.717, 1.165) is 10.8 Å². The molecule has 0 heterocycles. The molecule has 2 aromatic rings. The average molecular weight is 215 g/mol. The third-order valence-corrected chi connectivity index (χ3v) is 2.43. The third kappa shape index (κ3) is 1.65. The zero-order valence-electron chi connectivity index (χ0n) is 8.95. The number of benzene rings is 2. The van der Waals surface area contributed by atoms with Gasteiger partial charge in [0, 0.05) is 18.0 Å². The van der Waals surface area contributed by atoms with Gasteiger partial charge in [0.05, 0.1) is 11.4 Å². The fraction of sp³-hybridized carbons (Fsp3) is 0.0833. The van der Waals surface area contributed by atoms with Gasteiger partial charge in [0.15, 0.2) is 0 Å². The molecule has 0 saturated heterocycles. The summed E-state index contributed by atoms with van der Waals surface area (Å²) in [5, 5.41) is 4.42. The van der Waals surface area contributed by atoms with Crippen LogP contribution in [0.5, 0.6) is 0 Å². The first-order valence-corrected chi connectivity index (χ1v) is 4.94. The van der Waals surface area contributed by atoms with Crippen LogP contribution in [0.4, 0.5) is 17.1 Å². The van der Waals surface area contributed by atoms with Crippen molar-refractivity contribution < 1.29 is 4.79 Å². The summed E-state index contributed by atoms with van der Waals surface area (Å²) in [7, 11) is 0. The lowest BCUT2D eigenvalue weighted by Gasteiger charge is -2.10. The highest BCUT2D eigenvalue weighted by atomic mass is 16.1. The monoisotopic (exact) mass is 215 g/mol.